The third kappa shape index (κ3) is 3.47. The summed E-state index contributed by atoms with van der Waals surface area (Å²) in [5.74, 6) is -0.301. The molecule has 0 aliphatic carbocycles. The van der Waals surface area contributed by atoms with E-state index in [1.165, 1.54) is 19.2 Å². The maximum Gasteiger partial charge on any atom is 0.262 e. The Balaban J connectivity index is 1.95. The molecule has 2 aromatic carbocycles. The van der Waals surface area contributed by atoms with Gasteiger partial charge in [0.2, 0.25) is 0 Å². The fraction of sp³-hybridized carbons (Fsp3) is 0.133. The second-order valence-electron chi connectivity index (χ2n) is 3.97. The van der Waals surface area contributed by atoms with Gasteiger partial charge in [-0.25, -0.2) is 4.39 Å². The molecule has 0 aliphatic rings. The number of nitrogens with one attached hydrogen (secondary N) is 1. The van der Waals surface area contributed by atoms with Gasteiger partial charge in [-0.15, -0.1) is 0 Å². The van der Waals surface area contributed by atoms with E-state index >= 15 is 0 Å². The molecule has 4 nitrogen and oxygen atoms in total. The molecule has 20 heavy (non-hydrogen) atoms. The van der Waals surface area contributed by atoms with Crippen molar-refractivity contribution in [2.75, 3.05) is 19.0 Å². The molecule has 2 aromatic rings. The minimum absolute atomic E-state index is 0.0441. The molecule has 0 radical (unpaired) electrons. The van der Waals surface area contributed by atoms with Gasteiger partial charge in [0.25, 0.3) is 5.91 Å². The van der Waals surface area contributed by atoms with E-state index in [-0.39, 0.29) is 12.4 Å². The van der Waals surface area contributed by atoms with Crippen LogP contribution in [0.2, 0.25) is 0 Å². The lowest BCUT2D eigenvalue weighted by Gasteiger charge is -2.10. The van der Waals surface area contributed by atoms with E-state index in [0.717, 1.165) is 0 Å². The summed E-state index contributed by atoms with van der Waals surface area (Å²) in [5.41, 5.74) is 0.539. The Bertz CT molecular complexity index is 601. The summed E-state index contributed by atoms with van der Waals surface area (Å²) < 4.78 is 23.5. The van der Waals surface area contributed by atoms with Crippen LogP contribution in [0, 0.1) is 5.82 Å². The first-order valence-electron chi connectivity index (χ1n) is 6.01. The van der Waals surface area contributed by atoms with Crippen LogP contribution in [0.5, 0.6) is 11.5 Å². The molecule has 0 bridgehead atoms. The van der Waals surface area contributed by atoms with Gasteiger partial charge in [0, 0.05) is 0 Å². The molecule has 0 saturated heterocycles. The Hall–Kier alpha value is -2.56. The van der Waals surface area contributed by atoms with Crippen LogP contribution in [-0.4, -0.2) is 19.6 Å². The number of carbonyl (C=O) groups excluding carboxylic acids is 1. The van der Waals surface area contributed by atoms with Gasteiger partial charge >= 0.3 is 0 Å². The average molecular weight is 275 g/mol. The van der Waals surface area contributed by atoms with Crippen LogP contribution in [0.3, 0.4) is 0 Å². The standard InChI is InChI=1S/C15H14FNO3/c1-19-14-9-5-3-7-12(14)17-15(18)10-20-13-8-4-2-6-11(13)16/h2-9H,10H2,1H3,(H,17,18). The number of benzene rings is 2. The Kier molecular flexibility index (Phi) is 4.55. The predicted octanol–water partition coefficient (Wildman–Crippen LogP) is 2.85. The molecule has 104 valence electrons. The summed E-state index contributed by atoms with van der Waals surface area (Å²) in [7, 11) is 1.51. The Labute approximate surface area is 116 Å². The van der Waals surface area contributed by atoms with Crippen molar-refractivity contribution in [1.82, 2.24) is 0 Å². The number of halogens is 1. The van der Waals surface area contributed by atoms with E-state index in [9.17, 15) is 9.18 Å². The number of anilines is 1. The van der Waals surface area contributed by atoms with Gasteiger partial charge in [-0.05, 0) is 24.3 Å². The van der Waals surface area contributed by atoms with E-state index in [0.29, 0.717) is 11.4 Å². The first kappa shape index (κ1) is 13.9. The molecule has 0 unspecified atom stereocenters. The van der Waals surface area contributed by atoms with Crippen LogP contribution in [0.25, 0.3) is 0 Å². The van der Waals surface area contributed by atoms with E-state index in [2.05, 4.69) is 5.32 Å². The molecule has 0 saturated carbocycles. The fourth-order valence-electron chi connectivity index (χ4n) is 1.64. The lowest BCUT2D eigenvalue weighted by Crippen LogP contribution is -2.20. The normalized spacial score (nSPS) is 9.90. The second-order valence-corrected chi connectivity index (χ2v) is 3.97. The maximum atomic E-state index is 13.3. The topological polar surface area (TPSA) is 47.6 Å². The Morgan fingerprint density at radius 2 is 1.75 bits per heavy atom. The van der Waals surface area contributed by atoms with Gasteiger partial charge in [-0.2, -0.15) is 0 Å². The highest BCUT2D eigenvalue weighted by atomic mass is 19.1. The number of rotatable bonds is 5. The molecule has 0 atom stereocenters. The van der Waals surface area contributed by atoms with Gasteiger partial charge in [0.15, 0.2) is 18.2 Å². The summed E-state index contributed by atoms with van der Waals surface area (Å²) >= 11 is 0. The van der Waals surface area contributed by atoms with Crippen LogP contribution in [0.15, 0.2) is 48.5 Å². The van der Waals surface area contributed by atoms with Gasteiger partial charge < -0.3 is 14.8 Å². The summed E-state index contributed by atoms with van der Waals surface area (Å²) in [6, 6.07) is 12.9. The second kappa shape index (κ2) is 6.56. The molecule has 0 spiro atoms. The minimum Gasteiger partial charge on any atom is -0.495 e. The highest BCUT2D eigenvalue weighted by molar-refractivity contribution is 5.93. The molecule has 2 rings (SSSR count). The lowest BCUT2D eigenvalue weighted by atomic mass is 10.3. The van der Waals surface area contributed by atoms with Crippen LogP contribution in [0.4, 0.5) is 10.1 Å². The number of hydrogen-bond donors (Lipinski definition) is 1. The summed E-state index contributed by atoms with van der Waals surface area (Å²) in [5, 5.41) is 2.64. The lowest BCUT2D eigenvalue weighted by molar-refractivity contribution is -0.118. The molecular weight excluding hydrogens is 261 g/mol. The van der Waals surface area contributed by atoms with Crippen molar-refractivity contribution < 1.29 is 18.7 Å². The van der Waals surface area contributed by atoms with E-state index in [1.54, 1.807) is 36.4 Å². The van der Waals surface area contributed by atoms with E-state index in [1.807, 2.05) is 0 Å². The van der Waals surface area contributed by atoms with Crippen molar-refractivity contribution >= 4 is 11.6 Å². The Morgan fingerprint density at radius 3 is 2.45 bits per heavy atom. The number of ether oxygens (including phenoxy) is 2. The highest BCUT2D eigenvalue weighted by Gasteiger charge is 2.09. The fourth-order valence-corrected chi connectivity index (χ4v) is 1.64. The van der Waals surface area contributed by atoms with Crippen molar-refractivity contribution in [1.29, 1.82) is 0 Å². The average Bonchev–Trinajstić information content (AvgIpc) is 2.47. The first-order valence-corrected chi connectivity index (χ1v) is 6.01. The van der Waals surface area contributed by atoms with Crippen molar-refractivity contribution in [3.8, 4) is 11.5 Å². The molecule has 0 heterocycles. The number of methoxy groups -OCH3 is 1. The highest BCUT2D eigenvalue weighted by Crippen LogP contribution is 2.23. The van der Waals surface area contributed by atoms with Crippen molar-refractivity contribution in [3.63, 3.8) is 0 Å². The van der Waals surface area contributed by atoms with Gasteiger partial charge in [0.1, 0.15) is 5.75 Å². The molecule has 1 N–H and O–H groups in total. The van der Waals surface area contributed by atoms with Crippen molar-refractivity contribution in [2.24, 2.45) is 0 Å². The molecule has 1 amide bonds. The van der Waals surface area contributed by atoms with Crippen LogP contribution >= 0.6 is 0 Å². The largest absolute Gasteiger partial charge is 0.495 e. The zero-order valence-electron chi connectivity index (χ0n) is 10.9. The maximum absolute atomic E-state index is 13.3. The molecule has 0 fully saturated rings. The smallest absolute Gasteiger partial charge is 0.262 e. The summed E-state index contributed by atoms with van der Waals surface area (Å²) in [6.07, 6.45) is 0. The molecule has 0 aromatic heterocycles. The van der Waals surface area contributed by atoms with E-state index in [4.69, 9.17) is 9.47 Å². The number of para-hydroxylation sites is 3. The van der Waals surface area contributed by atoms with Gasteiger partial charge in [-0.1, -0.05) is 24.3 Å². The quantitative estimate of drug-likeness (QED) is 0.912. The minimum atomic E-state index is -0.502. The molecular formula is C15H14FNO3. The molecule has 5 heteroatoms. The van der Waals surface area contributed by atoms with Gasteiger partial charge in [0.05, 0.1) is 12.8 Å². The molecule has 0 aliphatic heterocycles. The van der Waals surface area contributed by atoms with Crippen LogP contribution in [0.1, 0.15) is 0 Å². The van der Waals surface area contributed by atoms with Gasteiger partial charge in [-0.3, -0.25) is 4.79 Å². The zero-order valence-corrected chi connectivity index (χ0v) is 10.9. The summed E-state index contributed by atoms with van der Waals surface area (Å²) in [4.78, 5) is 11.8. The number of hydrogen-bond acceptors (Lipinski definition) is 3. The first-order chi connectivity index (χ1) is 9.70. The van der Waals surface area contributed by atoms with Crippen molar-refractivity contribution in [3.05, 3.63) is 54.3 Å². The monoisotopic (exact) mass is 275 g/mol. The Morgan fingerprint density at radius 1 is 1.10 bits per heavy atom. The SMILES string of the molecule is COc1ccccc1NC(=O)COc1ccccc1F. The van der Waals surface area contributed by atoms with Crippen molar-refractivity contribution in [2.45, 2.75) is 0 Å². The zero-order chi connectivity index (χ0) is 14.4. The number of carbonyl (C=O) groups is 1. The third-order valence-corrected chi connectivity index (χ3v) is 2.58. The van der Waals surface area contributed by atoms with Crippen LogP contribution < -0.4 is 14.8 Å². The van der Waals surface area contributed by atoms with E-state index < -0.39 is 11.7 Å². The summed E-state index contributed by atoms with van der Waals surface area (Å²) in [6.45, 7) is -0.279. The predicted molar refractivity (Wildman–Crippen MR) is 73.5 cm³/mol. The third-order valence-electron chi connectivity index (χ3n) is 2.58. The number of amides is 1. The van der Waals surface area contributed by atoms with Crippen LogP contribution in [-0.2, 0) is 4.79 Å².